The molecule has 5 heteroatoms. The molecule has 0 fully saturated rings. The first-order chi connectivity index (χ1) is 9.91. The van der Waals surface area contributed by atoms with Crippen LogP contribution in [0.3, 0.4) is 0 Å². The Morgan fingerprint density at radius 3 is 1.60 bits per heavy atom. The van der Waals surface area contributed by atoms with Gasteiger partial charge in [-0.3, -0.25) is 5.32 Å². The molecule has 0 spiro atoms. The second kappa shape index (κ2) is 18.5. The molecule has 5 N–H and O–H groups in total. The van der Waals surface area contributed by atoms with E-state index in [1.165, 1.54) is 12.8 Å². The van der Waals surface area contributed by atoms with Gasteiger partial charge in [-0.2, -0.15) is 0 Å². The van der Waals surface area contributed by atoms with Gasteiger partial charge < -0.3 is 21.1 Å². The maximum absolute atomic E-state index is 8.54. The molecule has 0 aliphatic carbocycles. The highest BCUT2D eigenvalue weighted by Crippen LogP contribution is 1.85. The van der Waals surface area contributed by atoms with Gasteiger partial charge in [0.2, 0.25) is 0 Å². The van der Waals surface area contributed by atoms with Gasteiger partial charge >= 0.3 is 0 Å². The Morgan fingerprint density at radius 1 is 0.700 bits per heavy atom. The van der Waals surface area contributed by atoms with Crippen LogP contribution in [0.4, 0.5) is 0 Å². The molecular weight excluding hydrogens is 252 g/mol. The summed E-state index contributed by atoms with van der Waals surface area (Å²) in [6, 6.07) is 0. The van der Waals surface area contributed by atoms with E-state index < -0.39 is 0 Å². The third kappa shape index (κ3) is 17.5. The van der Waals surface area contributed by atoms with Crippen molar-refractivity contribution in [3.05, 3.63) is 12.2 Å². The zero-order chi connectivity index (χ0) is 14.7. The van der Waals surface area contributed by atoms with Crippen molar-refractivity contribution < 1.29 is 5.11 Å². The van der Waals surface area contributed by atoms with E-state index in [1.807, 2.05) is 0 Å². The number of nitrogens with one attached hydrogen (secondary N) is 4. The number of aliphatic hydroxyl groups excluding tert-OH is 1. The van der Waals surface area contributed by atoms with Crippen LogP contribution in [0.15, 0.2) is 12.2 Å². The summed E-state index contributed by atoms with van der Waals surface area (Å²) in [5.74, 6) is 0. The van der Waals surface area contributed by atoms with Crippen LogP contribution in [0.5, 0.6) is 0 Å². The molecule has 0 radical (unpaired) electrons. The second-order valence-corrected chi connectivity index (χ2v) is 4.81. The molecule has 0 aromatic rings. The number of rotatable bonds is 16. The topological polar surface area (TPSA) is 68.3 Å². The fraction of sp³-hybridized carbons (Fsp3) is 0.867. The summed E-state index contributed by atoms with van der Waals surface area (Å²) < 4.78 is 0. The molecule has 0 aliphatic rings. The van der Waals surface area contributed by atoms with E-state index in [1.54, 1.807) is 0 Å². The highest BCUT2D eigenvalue weighted by molar-refractivity contribution is 4.85. The minimum atomic E-state index is 0.0816. The Kier molecular flexibility index (Phi) is 18.1. The Hall–Kier alpha value is -0.460. The Morgan fingerprint density at radius 2 is 1.15 bits per heavy atom. The van der Waals surface area contributed by atoms with Crippen molar-refractivity contribution in [3.63, 3.8) is 0 Å². The number of unbranched alkanes of at least 4 members (excludes halogenated alkanes) is 2. The van der Waals surface area contributed by atoms with Gasteiger partial charge in [0.25, 0.3) is 0 Å². The van der Waals surface area contributed by atoms with Gasteiger partial charge in [0.05, 0.1) is 6.73 Å². The summed E-state index contributed by atoms with van der Waals surface area (Å²) >= 11 is 0. The molecular formula is C15H34N4O. The highest BCUT2D eigenvalue weighted by Gasteiger charge is 1.88. The molecule has 120 valence electrons. The van der Waals surface area contributed by atoms with Crippen LogP contribution in [0, 0.1) is 0 Å². The first kappa shape index (κ1) is 19.5. The minimum Gasteiger partial charge on any atom is -0.381 e. The summed E-state index contributed by atoms with van der Waals surface area (Å²) in [6.07, 6.45) is 9.09. The van der Waals surface area contributed by atoms with Crippen LogP contribution in [-0.2, 0) is 0 Å². The van der Waals surface area contributed by atoms with Crippen molar-refractivity contribution in [2.45, 2.75) is 32.6 Å². The molecule has 0 saturated heterocycles. The van der Waals surface area contributed by atoms with Crippen LogP contribution in [-0.4, -0.2) is 57.7 Å². The van der Waals surface area contributed by atoms with Gasteiger partial charge in [-0.05, 0) is 58.4 Å². The van der Waals surface area contributed by atoms with E-state index in [0.717, 1.165) is 58.7 Å². The maximum atomic E-state index is 8.54. The molecule has 5 nitrogen and oxygen atoms in total. The largest absolute Gasteiger partial charge is 0.381 e. The van der Waals surface area contributed by atoms with Crippen molar-refractivity contribution in [3.8, 4) is 0 Å². The van der Waals surface area contributed by atoms with Gasteiger partial charge in [-0.25, -0.2) is 0 Å². The zero-order valence-corrected chi connectivity index (χ0v) is 13.1. The predicted octanol–water partition coefficient (Wildman–Crippen LogP) is 0.431. The van der Waals surface area contributed by atoms with Crippen LogP contribution in [0.1, 0.15) is 32.6 Å². The lowest BCUT2D eigenvalue weighted by molar-refractivity contribution is 0.260. The molecule has 0 aliphatic heterocycles. The van der Waals surface area contributed by atoms with Gasteiger partial charge in [0, 0.05) is 13.1 Å². The number of hydrogen-bond acceptors (Lipinski definition) is 5. The Balaban J connectivity index is 3.01. The van der Waals surface area contributed by atoms with Crippen LogP contribution in [0.25, 0.3) is 0 Å². The summed E-state index contributed by atoms with van der Waals surface area (Å²) in [7, 11) is 0. The van der Waals surface area contributed by atoms with Crippen molar-refractivity contribution >= 4 is 0 Å². The lowest BCUT2D eigenvalue weighted by atomic mass is 10.3. The maximum Gasteiger partial charge on any atom is 0.0931 e. The van der Waals surface area contributed by atoms with Crippen LogP contribution in [0.2, 0.25) is 0 Å². The fourth-order valence-electron chi connectivity index (χ4n) is 1.79. The molecule has 0 saturated carbocycles. The molecule has 0 heterocycles. The van der Waals surface area contributed by atoms with Gasteiger partial charge in [-0.15, -0.1) is 0 Å². The molecule has 0 bridgehead atoms. The van der Waals surface area contributed by atoms with E-state index in [2.05, 4.69) is 40.3 Å². The monoisotopic (exact) mass is 286 g/mol. The quantitative estimate of drug-likeness (QED) is 0.162. The van der Waals surface area contributed by atoms with Crippen molar-refractivity contribution in [2.75, 3.05) is 52.5 Å². The van der Waals surface area contributed by atoms with E-state index in [-0.39, 0.29) is 6.73 Å². The first-order valence-corrected chi connectivity index (χ1v) is 8.00. The number of hydrogen-bond donors (Lipinski definition) is 5. The van der Waals surface area contributed by atoms with E-state index in [9.17, 15) is 0 Å². The molecule has 0 rings (SSSR count). The Bertz CT molecular complexity index is 180. The third-order valence-electron chi connectivity index (χ3n) is 2.97. The van der Waals surface area contributed by atoms with Crippen molar-refractivity contribution in [2.24, 2.45) is 0 Å². The van der Waals surface area contributed by atoms with Crippen molar-refractivity contribution in [1.29, 1.82) is 0 Å². The average molecular weight is 286 g/mol. The summed E-state index contributed by atoms with van der Waals surface area (Å²) in [5.41, 5.74) is 0. The van der Waals surface area contributed by atoms with Gasteiger partial charge in [-0.1, -0.05) is 19.1 Å². The normalized spacial score (nSPS) is 11.5. The molecule has 0 aromatic carbocycles. The molecule has 0 aromatic heterocycles. The van der Waals surface area contributed by atoms with E-state index in [0.29, 0.717) is 0 Å². The molecule has 20 heavy (non-hydrogen) atoms. The third-order valence-corrected chi connectivity index (χ3v) is 2.97. The lowest BCUT2D eigenvalue weighted by Crippen LogP contribution is -2.20. The van der Waals surface area contributed by atoms with E-state index >= 15 is 0 Å². The Labute approximate surface area is 124 Å². The van der Waals surface area contributed by atoms with Crippen molar-refractivity contribution in [1.82, 2.24) is 21.3 Å². The lowest BCUT2D eigenvalue weighted by Gasteiger charge is -2.03. The molecule has 0 amide bonds. The summed E-state index contributed by atoms with van der Waals surface area (Å²) in [6.45, 7) is 9.36. The second-order valence-electron chi connectivity index (χ2n) is 4.81. The van der Waals surface area contributed by atoms with Gasteiger partial charge in [0.15, 0.2) is 0 Å². The van der Waals surface area contributed by atoms with Crippen LogP contribution >= 0.6 is 0 Å². The standard InChI is InChI=1S/C15H34N4O/c1-2-16-9-3-4-10-17-11-5-6-12-18-13-7-8-14-19-15-20/h5-6,16-20H,2-4,7-15H2,1H3/b6-5-. The highest BCUT2D eigenvalue weighted by atomic mass is 16.3. The SMILES string of the molecule is CCNCCCCNC/C=C\CNCCCCNCO. The summed E-state index contributed by atoms with van der Waals surface area (Å²) in [5, 5.41) is 21.5. The first-order valence-electron chi connectivity index (χ1n) is 8.00. The van der Waals surface area contributed by atoms with Crippen LogP contribution < -0.4 is 21.3 Å². The van der Waals surface area contributed by atoms with Gasteiger partial charge in [0.1, 0.15) is 0 Å². The fourth-order valence-corrected chi connectivity index (χ4v) is 1.79. The smallest absolute Gasteiger partial charge is 0.0931 e. The summed E-state index contributed by atoms with van der Waals surface area (Å²) in [4.78, 5) is 0. The van der Waals surface area contributed by atoms with E-state index in [4.69, 9.17) is 5.11 Å². The number of aliphatic hydroxyl groups is 1. The zero-order valence-electron chi connectivity index (χ0n) is 13.1. The molecule has 0 atom stereocenters. The molecule has 0 unspecified atom stereocenters. The predicted molar refractivity (Wildman–Crippen MR) is 87.0 cm³/mol. The minimum absolute atomic E-state index is 0.0816. The average Bonchev–Trinajstić information content (AvgIpc) is 2.47.